The SMILES string of the molecule is Nc1ncc(-c2cc(N3C[C@@H]4CC[C@H]3CS4)nc(N3CCC3)n2)cc1OC(F)F. The van der Waals surface area contributed by atoms with Crippen LogP contribution < -0.4 is 20.3 Å². The number of nitrogens with zero attached hydrogens (tertiary/aromatic N) is 5. The number of nitrogen functional groups attached to an aromatic ring is 1. The molecule has 4 fully saturated rings. The lowest BCUT2D eigenvalue weighted by Gasteiger charge is -2.45. The molecule has 2 aromatic rings. The molecule has 0 aromatic carbocycles. The summed E-state index contributed by atoms with van der Waals surface area (Å²) in [5, 5.41) is 0.634. The number of aromatic nitrogens is 3. The van der Waals surface area contributed by atoms with E-state index in [1.54, 1.807) is 0 Å². The molecule has 6 rings (SSSR count). The highest BCUT2D eigenvalue weighted by Gasteiger charge is 2.35. The summed E-state index contributed by atoms with van der Waals surface area (Å²) < 4.78 is 29.9. The van der Waals surface area contributed by atoms with Gasteiger partial charge in [-0.1, -0.05) is 0 Å². The molecule has 4 saturated heterocycles. The predicted molar refractivity (Wildman–Crippen MR) is 110 cm³/mol. The highest BCUT2D eigenvalue weighted by atomic mass is 32.2. The van der Waals surface area contributed by atoms with Crippen molar-refractivity contribution in [3.05, 3.63) is 18.3 Å². The Morgan fingerprint density at radius 1 is 1.21 bits per heavy atom. The first-order valence-corrected chi connectivity index (χ1v) is 10.8. The minimum atomic E-state index is -2.96. The number of thioether (sulfide) groups is 1. The number of ether oxygens (including phenoxy) is 1. The third-order valence-electron chi connectivity index (χ3n) is 5.71. The summed E-state index contributed by atoms with van der Waals surface area (Å²) in [6.45, 7) is -0.145. The monoisotopic (exact) mass is 420 g/mol. The molecular weight excluding hydrogens is 398 g/mol. The zero-order valence-corrected chi connectivity index (χ0v) is 16.6. The van der Waals surface area contributed by atoms with E-state index in [9.17, 15) is 8.78 Å². The van der Waals surface area contributed by atoms with E-state index in [0.29, 0.717) is 28.5 Å². The fraction of sp³-hybridized carbons (Fsp3) is 0.526. The summed E-state index contributed by atoms with van der Waals surface area (Å²) in [6.07, 6.45) is 5.08. The first-order valence-electron chi connectivity index (χ1n) is 9.80. The molecule has 0 aliphatic carbocycles. The van der Waals surface area contributed by atoms with Gasteiger partial charge in [-0.25, -0.2) is 9.97 Å². The largest absolute Gasteiger partial charge is 0.431 e. The van der Waals surface area contributed by atoms with Crippen molar-refractivity contribution in [1.29, 1.82) is 0 Å². The average molecular weight is 420 g/mol. The molecule has 7 nitrogen and oxygen atoms in total. The standard InChI is InChI=1S/C19H22F2N6OS/c20-18(21)28-15-6-11(8-23-17(15)22)14-7-16(25-19(24-14)26-4-1-5-26)27-9-13-3-2-12(27)10-29-13/h6-8,12-13,18H,1-5,9-10H2,(H2,22,23)/t12-,13-/m0/s1. The average Bonchev–Trinajstić information content (AvgIpc) is 2.68. The molecule has 154 valence electrons. The second-order valence-corrected chi connectivity index (χ2v) is 8.91. The van der Waals surface area contributed by atoms with Crippen LogP contribution in [0.2, 0.25) is 0 Å². The third-order valence-corrected chi connectivity index (χ3v) is 7.15. The number of anilines is 3. The zero-order valence-electron chi connectivity index (χ0n) is 15.8. The summed E-state index contributed by atoms with van der Waals surface area (Å²) in [7, 11) is 0. The van der Waals surface area contributed by atoms with E-state index >= 15 is 0 Å². The van der Waals surface area contributed by atoms with Crippen molar-refractivity contribution in [2.45, 2.75) is 37.2 Å². The number of rotatable bonds is 5. The van der Waals surface area contributed by atoms with Crippen LogP contribution in [0.1, 0.15) is 19.3 Å². The van der Waals surface area contributed by atoms with Gasteiger partial charge in [0.15, 0.2) is 11.6 Å². The van der Waals surface area contributed by atoms with Gasteiger partial charge in [-0.3, -0.25) is 0 Å². The van der Waals surface area contributed by atoms with Gasteiger partial charge < -0.3 is 20.3 Å². The number of pyridine rings is 1. The summed E-state index contributed by atoms with van der Waals surface area (Å²) in [5.41, 5.74) is 6.91. The van der Waals surface area contributed by atoms with Crippen LogP contribution in [0.15, 0.2) is 18.3 Å². The van der Waals surface area contributed by atoms with Gasteiger partial charge in [-0.05, 0) is 25.3 Å². The molecule has 4 aliphatic rings. The fourth-order valence-corrected chi connectivity index (χ4v) is 5.40. The molecule has 29 heavy (non-hydrogen) atoms. The summed E-state index contributed by atoms with van der Waals surface area (Å²) in [4.78, 5) is 18.1. The topological polar surface area (TPSA) is 80.4 Å². The second-order valence-electron chi connectivity index (χ2n) is 7.58. The van der Waals surface area contributed by atoms with Gasteiger partial charge in [0.2, 0.25) is 5.95 Å². The van der Waals surface area contributed by atoms with Gasteiger partial charge in [0, 0.05) is 54.5 Å². The first-order chi connectivity index (χ1) is 14.1. The predicted octanol–water partition coefficient (Wildman–Crippen LogP) is 3.02. The molecule has 2 atom stereocenters. The van der Waals surface area contributed by atoms with Gasteiger partial charge in [-0.15, -0.1) is 0 Å². The molecular formula is C19H22F2N6OS. The molecule has 0 unspecified atom stereocenters. The zero-order chi connectivity index (χ0) is 20.0. The maximum atomic E-state index is 12.7. The highest BCUT2D eigenvalue weighted by Crippen LogP contribution is 2.39. The molecule has 4 aliphatic heterocycles. The summed E-state index contributed by atoms with van der Waals surface area (Å²) in [6, 6.07) is 3.87. The van der Waals surface area contributed by atoms with Crippen molar-refractivity contribution < 1.29 is 13.5 Å². The highest BCUT2D eigenvalue weighted by molar-refractivity contribution is 8.00. The van der Waals surface area contributed by atoms with E-state index < -0.39 is 6.61 Å². The normalized spacial score (nSPS) is 23.4. The minimum Gasteiger partial charge on any atom is -0.431 e. The van der Waals surface area contributed by atoms with Crippen molar-refractivity contribution >= 4 is 29.3 Å². The Labute approximate surface area is 171 Å². The second kappa shape index (κ2) is 7.47. The van der Waals surface area contributed by atoms with E-state index in [0.717, 1.165) is 37.6 Å². The van der Waals surface area contributed by atoms with Crippen molar-refractivity contribution in [2.75, 3.05) is 40.9 Å². The number of fused-ring (bicyclic) bond motifs is 3. The Bertz CT molecular complexity index is 904. The molecule has 0 radical (unpaired) electrons. The van der Waals surface area contributed by atoms with Gasteiger partial charge in [0.1, 0.15) is 5.82 Å². The minimum absolute atomic E-state index is 0.0725. The van der Waals surface area contributed by atoms with E-state index in [1.165, 1.54) is 25.1 Å². The lowest BCUT2D eigenvalue weighted by atomic mass is 10.0. The van der Waals surface area contributed by atoms with E-state index in [2.05, 4.69) is 19.5 Å². The molecule has 0 amide bonds. The van der Waals surface area contributed by atoms with Crippen LogP contribution in [0.25, 0.3) is 11.3 Å². The van der Waals surface area contributed by atoms with Crippen LogP contribution in [0.4, 0.5) is 26.4 Å². The summed E-state index contributed by atoms with van der Waals surface area (Å²) >= 11 is 2.04. The molecule has 0 saturated carbocycles. The Morgan fingerprint density at radius 3 is 2.69 bits per heavy atom. The number of alkyl halides is 2. The van der Waals surface area contributed by atoms with Crippen LogP contribution >= 0.6 is 11.8 Å². The van der Waals surface area contributed by atoms with Crippen molar-refractivity contribution in [1.82, 2.24) is 15.0 Å². The molecule has 2 N–H and O–H groups in total. The van der Waals surface area contributed by atoms with Crippen LogP contribution in [-0.2, 0) is 0 Å². The van der Waals surface area contributed by atoms with E-state index in [4.69, 9.17) is 15.7 Å². The smallest absolute Gasteiger partial charge is 0.387 e. The number of nitrogens with two attached hydrogens (primary N) is 1. The lowest BCUT2D eigenvalue weighted by molar-refractivity contribution is -0.0494. The van der Waals surface area contributed by atoms with E-state index in [-0.39, 0.29) is 11.6 Å². The van der Waals surface area contributed by atoms with E-state index in [1.807, 2.05) is 17.8 Å². The number of hydrogen-bond acceptors (Lipinski definition) is 8. The third kappa shape index (κ3) is 3.65. The maximum Gasteiger partial charge on any atom is 0.387 e. The number of piperidine rings is 1. The summed E-state index contributed by atoms with van der Waals surface area (Å²) in [5.74, 6) is 2.46. The van der Waals surface area contributed by atoms with Crippen LogP contribution in [-0.4, -0.2) is 58.2 Å². The molecule has 2 aromatic heterocycles. The van der Waals surface area contributed by atoms with Gasteiger partial charge in [0.25, 0.3) is 0 Å². The number of hydrogen-bond donors (Lipinski definition) is 1. The van der Waals surface area contributed by atoms with Crippen molar-refractivity contribution in [3.8, 4) is 17.0 Å². The molecule has 0 spiro atoms. The van der Waals surface area contributed by atoms with Gasteiger partial charge >= 0.3 is 6.61 Å². The molecule has 6 heterocycles. The Kier molecular flexibility index (Phi) is 4.81. The lowest BCUT2D eigenvalue weighted by Crippen LogP contribution is -2.51. The quantitative estimate of drug-likeness (QED) is 0.791. The maximum absolute atomic E-state index is 12.7. The van der Waals surface area contributed by atoms with Crippen molar-refractivity contribution in [2.24, 2.45) is 0 Å². The van der Waals surface area contributed by atoms with Gasteiger partial charge in [0.05, 0.1) is 5.69 Å². The van der Waals surface area contributed by atoms with Crippen LogP contribution in [0, 0.1) is 0 Å². The molecule has 2 bridgehead atoms. The van der Waals surface area contributed by atoms with Gasteiger partial charge in [-0.2, -0.15) is 25.5 Å². The Hall–Kier alpha value is -2.36. The van der Waals surface area contributed by atoms with Crippen LogP contribution in [0.5, 0.6) is 5.75 Å². The number of halogens is 2. The van der Waals surface area contributed by atoms with Crippen molar-refractivity contribution in [3.63, 3.8) is 0 Å². The Morgan fingerprint density at radius 2 is 2.07 bits per heavy atom. The Balaban J connectivity index is 1.54. The molecule has 10 heteroatoms. The first kappa shape index (κ1) is 18.7. The van der Waals surface area contributed by atoms with Crippen LogP contribution in [0.3, 0.4) is 0 Å². The fourth-order valence-electron chi connectivity index (χ4n) is 3.99.